The fraction of sp³-hybridized carbons (Fsp3) is 0.500. The first-order valence-corrected chi connectivity index (χ1v) is 7.10. The lowest BCUT2D eigenvalue weighted by atomic mass is 10.1. The Bertz CT molecular complexity index is 503. The molecule has 18 heavy (non-hydrogen) atoms. The van der Waals surface area contributed by atoms with Gasteiger partial charge in [-0.15, -0.1) is 0 Å². The lowest BCUT2D eigenvalue weighted by Gasteiger charge is -2.19. The second-order valence-corrected chi connectivity index (χ2v) is 6.19. The molecule has 0 radical (unpaired) electrons. The highest BCUT2D eigenvalue weighted by atomic mass is 32.2. The van der Waals surface area contributed by atoms with Gasteiger partial charge in [0.05, 0.1) is 12.0 Å². The van der Waals surface area contributed by atoms with Gasteiger partial charge in [0, 0.05) is 20.1 Å². The number of benzene rings is 1. The Morgan fingerprint density at radius 2 is 1.78 bits per heavy atom. The maximum absolute atomic E-state index is 12.4. The van der Waals surface area contributed by atoms with Gasteiger partial charge in [-0.1, -0.05) is 0 Å². The number of rotatable bonds is 5. The standard InChI is InChI=1S/C12H20N2O3S/c1-9-7-11(17-4)8-10(2)12(9)18(15,16)14(3)6-5-13/h7-8H,5-6,13H2,1-4H3. The molecule has 0 aliphatic carbocycles. The third kappa shape index (κ3) is 2.82. The Morgan fingerprint density at radius 1 is 1.28 bits per heavy atom. The largest absolute Gasteiger partial charge is 0.497 e. The van der Waals surface area contributed by atoms with Crippen LogP contribution in [-0.2, 0) is 10.0 Å². The maximum atomic E-state index is 12.4. The second kappa shape index (κ2) is 5.69. The van der Waals surface area contributed by atoms with Crippen LogP contribution in [0.25, 0.3) is 0 Å². The Kier molecular flexibility index (Phi) is 4.72. The van der Waals surface area contributed by atoms with E-state index in [0.717, 1.165) is 0 Å². The summed E-state index contributed by atoms with van der Waals surface area (Å²) in [6.07, 6.45) is 0. The van der Waals surface area contributed by atoms with Crippen LogP contribution in [0.15, 0.2) is 17.0 Å². The van der Waals surface area contributed by atoms with E-state index in [2.05, 4.69) is 0 Å². The lowest BCUT2D eigenvalue weighted by Crippen LogP contribution is -2.32. The van der Waals surface area contributed by atoms with Crippen LogP contribution in [0.2, 0.25) is 0 Å². The highest BCUT2D eigenvalue weighted by Crippen LogP contribution is 2.27. The van der Waals surface area contributed by atoms with Crippen LogP contribution in [0.1, 0.15) is 11.1 Å². The molecule has 0 saturated carbocycles. The third-order valence-electron chi connectivity index (χ3n) is 2.78. The van der Waals surface area contributed by atoms with Crippen molar-refractivity contribution in [3.8, 4) is 5.75 Å². The molecule has 102 valence electrons. The molecule has 2 N–H and O–H groups in total. The van der Waals surface area contributed by atoms with Gasteiger partial charge < -0.3 is 10.5 Å². The van der Waals surface area contributed by atoms with Crippen LogP contribution in [0.5, 0.6) is 5.75 Å². The van der Waals surface area contributed by atoms with Crippen molar-refractivity contribution in [2.24, 2.45) is 5.73 Å². The number of ether oxygens (including phenoxy) is 1. The van der Waals surface area contributed by atoms with Crippen molar-refractivity contribution < 1.29 is 13.2 Å². The van der Waals surface area contributed by atoms with Gasteiger partial charge in [-0.25, -0.2) is 8.42 Å². The molecule has 0 bridgehead atoms. The molecule has 0 aromatic heterocycles. The van der Waals surface area contributed by atoms with Crippen LogP contribution < -0.4 is 10.5 Å². The van der Waals surface area contributed by atoms with Crippen molar-refractivity contribution in [3.05, 3.63) is 23.3 Å². The van der Waals surface area contributed by atoms with Gasteiger partial charge in [-0.05, 0) is 37.1 Å². The summed E-state index contributed by atoms with van der Waals surface area (Å²) in [6, 6.07) is 3.44. The molecular weight excluding hydrogens is 252 g/mol. The van der Waals surface area contributed by atoms with E-state index in [4.69, 9.17) is 10.5 Å². The van der Waals surface area contributed by atoms with Crippen LogP contribution in [-0.4, -0.2) is 40.0 Å². The number of hydrogen-bond acceptors (Lipinski definition) is 4. The first kappa shape index (κ1) is 14.9. The molecule has 0 atom stereocenters. The number of hydrogen-bond donors (Lipinski definition) is 1. The van der Waals surface area contributed by atoms with Crippen LogP contribution >= 0.6 is 0 Å². The smallest absolute Gasteiger partial charge is 0.243 e. The lowest BCUT2D eigenvalue weighted by molar-refractivity contribution is 0.413. The number of likely N-dealkylation sites (N-methyl/N-ethyl adjacent to an activating group) is 1. The van der Waals surface area contributed by atoms with Gasteiger partial charge in [0.2, 0.25) is 10.0 Å². The maximum Gasteiger partial charge on any atom is 0.243 e. The van der Waals surface area contributed by atoms with Crippen LogP contribution in [0, 0.1) is 13.8 Å². The van der Waals surface area contributed by atoms with E-state index >= 15 is 0 Å². The zero-order valence-electron chi connectivity index (χ0n) is 11.2. The molecule has 1 aromatic rings. The Morgan fingerprint density at radius 3 is 2.17 bits per heavy atom. The molecule has 6 heteroatoms. The number of sulfonamides is 1. The van der Waals surface area contributed by atoms with Crippen LogP contribution in [0.3, 0.4) is 0 Å². The topological polar surface area (TPSA) is 72.6 Å². The summed E-state index contributed by atoms with van der Waals surface area (Å²) in [5, 5.41) is 0. The van der Waals surface area contributed by atoms with Gasteiger partial charge in [-0.3, -0.25) is 0 Å². The van der Waals surface area contributed by atoms with Crippen molar-refractivity contribution in [2.75, 3.05) is 27.2 Å². The highest BCUT2D eigenvalue weighted by molar-refractivity contribution is 7.89. The van der Waals surface area contributed by atoms with Crippen LogP contribution in [0.4, 0.5) is 0 Å². The Balaban J connectivity index is 3.33. The fourth-order valence-electron chi connectivity index (χ4n) is 1.89. The molecule has 1 aromatic carbocycles. The SMILES string of the molecule is COc1cc(C)c(S(=O)(=O)N(C)CCN)c(C)c1. The average molecular weight is 272 g/mol. The van der Waals surface area contributed by atoms with Crippen molar-refractivity contribution in [2.45, 2.75) is 18.7 Å². The van der Waals surface area contributed by atoms with E-state index in [9.17, 15) is 8.42 Å². The first-order chi connectivity index (χ1) is 8.34. The van der Waals surface area contributed by atoms with Gasteiger partial charge in [0.1, 0.15) is 5.75 Å². The zero-order chi connectivity index (χ0) is 13.9. The second-order valence-electron chi connectivity index (χ2n) is 4.21. The molecule has 0 saturated heterocycles. The van der Waals surface area contributed by atoms with E-state index in [-0.39, 0.29) is 0 Å². The van der Waals surface area contributed by atoms with E-state index in [1.165, 1.54) is 11.4 Å². The van der Waals surface area contributed by atoms with Crippen molar-refractivity contribution in [1.29, 1.82) is 0 Å². The predicted octanol–water partition coefficient (Wildman–Crippen LogP) is 0.891. The van der Waals surface area contributed by atoms with E-state index in [0.29, 0.717) is 34.9 Å². The zero-order valence-corrected chi connectivity index (χ0v) is 12.0. The number of methoxy groups -OCH3 is 1. The molecule has 0 heterocycles. The molecule has 1 rings (SSSR count). The summed E-state index contributed by atoms with van der Waals surface area (Å²) in [7, 11) is -0.398. The third-order valence-corrected chi connectivity index (χ3v) is 4.94. The summed E-state index contributed by atoms with van der Waals surface area (Å²) < 4.78 is 31.2. The van der Waals surface area contributed by atoms with Gasteiger partial charge >= 0.3 is 0 Å². The first-order valence-electron chi connectivity index (χ1n) is 5.66. The van der Waals surface area contributed by atoms with Gasteiger partial charge in [-0.2, -0.15) is 4.31 Å². The van der Waals surface area contributed by atoms with Crippen molar-refractivity contribution in [3.63, 3.8) is 0 Å². The summed E-state index contributed by atoms with van der Waals surface area (Å²) in [6.45, 7) is 4.12. The minimum Gasteiger partial charge on any atom is -0.497 e. The fourth-order valence-corrected chi connectivity index (χ4v) is 3.48. The normalized spacial score (nSPS) is 11.9. The van der Waals surface area contributed by atoms with Gasteiger partial charge in [0.15, 0.2) is 0 Å². The molecular formula is C12H20N2O3S. The van der Waals surface area contributed by atoms with Crippen molar-refractivity contribution in [1.82, 2.24) is 4.31 Å². The van der Waals surface area contributed by atoms with Gasteiger partial charge in [0.25, 0.3) is 0 Å². The summed E-state index contributed by atoms with van der Waals surface area (Å²) in [5.41, 5.74) is 6.75. The summed E-state index contributed by atoms with van der Waals surface area (Å²) >= 11 is 0. The quantitative estimate of drug-likeness (QED) is 0.864. The number of nitrogens with zero attached hydrogens (tertiary/aromatic N) is 1. The van der Waals surface area contributed by atoms with E-state index < -0.39 is 10.0 Å². The predicted molar refractivity (Wildman–Crippen MR) is 71.3 cm³/mol. The number of aryl methyl sites for hydroxylation is 2. The molecule has 0 aliphatic rings. The molecule has 0 aliphatic heterocycles. The summed E-state index contributed by atoms with van der Waals surface area (Å²) in [5.74, 6) is 0.658. The molecule has 5 nitrogen and oxygen atoms in total. The monoisotopic (exact) mass is 272 g/mol. The minimum atomic E-state index is -3.49. The summed E-state index contributed by atoms with van der Waals surface area (Å²) in [4.78, 5) is 0.333. The van der Waals surface area contributed by atoms with E-state index in [1.54, 1.807) is 33.1 Å². The minimum absolute atomic E-state index is 0.296. The van der Waals surface area contributed by atoms with Crippen molar-refractivity contribution >= 4 is 10.0 Å². The molecule has 0 amide bonds. The molecule has 0 unspecified atom stereocenters. The Labute approximate surface area is 109 Å². The average Bonchev–Trinajstić information content (AvgIpc) is 2.27. The Hall–Kier alpha value is -1.11. The molecule has 0 spiro atoms. The van der Waals surface area contributed by atoms with E-state index in [1.807, 2.05) is 0 Å². The molecule has 0 fully saturated rings. The highest BCUT2D eigenvalue weighted by Gasteiger charge is 2.24. The number of nitrogens with two attached hydrogens (primary N) is 1.